The van der Waals surface area contributed by atoms with E-state index in [1.807, 2.05) is 24.3 Å². The molecule has 0 bridgehead atoms. The second-order valence-corrected chi connectivity index (χ2v) is 4.78. The first kappa shape index (κ1) is 11.2. The van der Waals surface area contributed by atoms with Gasteiger partial charge in [-0.3, -0.25) is 4.79 Å². The Morgan fingerprint density at radius 1 is 1.28 bits per heavy atom. The molecular weight excluding hydrogens is 228 g/mol. The number of para-hydroxylation sites is 1. The summed E-state index contributed by atoms with van der Waals surface area (Å²) in [5.74, 6) is -0.00577. The van der Waals surface area contributed by atoms with Gasteiger partial charge in [-0.25, -0.2) is 0 Å². The molecule has 3 rings (SSSR count). The second kappa shape index (κ2) is 3.80. The first-order valence-electron chi connectivity index (χ1n) is 5.83. The Kier molecular flexibility index (Phi) is 2.36. The van der Waals surface area contributed by atoms with Crippen molar-refractivity contribution in [2.45, 2.75) is 18.0 Å². The van der Waals surface area contributed by atoms with Crippen molar-refractivity contribution in [2.24, 2.45) is 11.5 Å². The normalized spacial score (nSPS) is 24.4. The molecule has 1 aliphatic heterocycles. The SMILES string of the molecule is NC1(N)C=CC=C(C2C(=O)Oc3ccccc32)C1. The van der Waals surface area contributed by atoms with Crippen molar-refractivity contribution < 1.29 is 9.53 Å². The minimum atomic E-state index is -0.887. The predicted octanol–water partition coefficient (Wildman–Crippen LogP) is 1.19. The zero-order chi connectivity index (χ0) is 12.8. The quantitative estimate of drug-likeness (QED) is 0.440. The minimum absolute atomic E-state index is 0.256. The van der Waals surface area contributed by atoms with Crippen molar-refractivity contribution in [3.05, 3.63) is 53.6 Å². The Morgan fingerprint density at radius 3 is 2.83 bits per heavy atom. The fraction of sp³-hybridized carbons (Fsp3) is 0.214. The Balaban J connectivity index is 2.01. The van der Waals surface area contributed by atoms with Crippen LogP contribution >= 0.6 is 0 Å². The maximum Gasteiger partial charge on any atom is 0.323 e. The first-order valence-corrected chi connectivity index (χ1v) is 5.83. The lowest BCUT2D eigenvalue weighted by Gasteiger charge is -2.26. The minimum Gasteiger partial charge on any atom is -0.426 e. The van der Waals surface area contributed by atoms with Gasteiger partial charge in [0.05, 0.1) is 5.66 Å². The van der Waals surface area contributed by atoms with Crippen LogP contribution in [0.1, 0.15) is 17.9 Å². The number of allylic oxidation sites excluding steroid dienone is 2. The van der Waals surface area contributed by atoms with Gasteiger partial charge in [-0.1, -0.05) is 36.4 Å². The summed E-state index contributed by atoms with van der Waals surface area (Å²) < 4.78 is 5.26. The summed E-state index contributed by atoms with van der Waals surface area (Å²) in [4.78, 5) is 12.0. The number of nitrogens with two attached hydrogens (primary N) is 2. The van der Waals surface area contributed by atoms with Crippen molar-refractivity contribution in [1.82, 2.24) is 0 Å². The first-order chi connectivity index (χ1) is 8.57. The van der Waals surface area contributed by atoms with Gasteiger partial charge in [0.15, 0.2) is 0 Å². The van der Waals surface area contributed by atoms with E-state index >= 15 is 0 Å². The lowest BCUT2D eigenvalue weighted by atomic mass is 9.84. The zero-order valence-corrected chi connectivity index (χ0v) is 9.80. The number of esters is 1. The Bertz CT molecular complexity index is 573. The van der Waals surface area contributed by atoms with Crippen LogP contribution < -0.4 is 16.2 Å². The summed E-state index contributed by atoms with van der Waals surface area (Å²) in [6.07, 6.45) is 5.89. The molecule has 92 valence electrons. The van der Waals surface area contributed by atoms with Crippen LogP contribution in [0.5, 0.6) is 5.75 Å². The number of hydrogen-bond donors (Lipinski definition) is 2. The molecule has 4 nitrogen and oxygen atoms in total. The molecule has 0 spiro atoms. The monoisotopic (exact) mass is 242 g/mol. The molecule has 1 aromatic rings. The lowest BCUT2D eigenvalue weighted by Crippen LogP contribution is -2.48. The maximum absolute atomic E-state index is 12.0. The number of hydrogen-bond acceptors (Lipinski definition) is 4. The average molecular weight is 242 g/mol. The molecule has 0 fully saturated rings. The Hall–Kier alpha value is -1.91. The molecule has 1 unspecified atom stereocenters. The van der Waals surface area contributed by atoms with E-state index in [-0.39, 0.29) is 11.9 Å². The highest BCUT2D eigenvalue weighted by Gasteiger charge is 2.37. The third kappa shape index (κ3) is 1.75. The fourth-order valence-electron chi connectivity index (χ4n) is 2.48. The van der Waals surface area contributed by atoms with Gasteiger partial charge in [-0.2, -0.15) is 0 Å². The molecule has 4 N–H and O–H groups in total. The van der Waals surface area contributed by atoms with Crippen LogP contribution in [0.4, 0.5) is 0 Å². The number of carbonyl (C=O) groups excluding carboxylic acids is 1. The summed E-state index contributed by atoms with van der Waals surface area (Å²) in [6, 6.07) is 7.44. The molecule has 0 aromatic heterocycles. The third-order valence-corrected chi connectivity index (χ3v) is 3.27. The molecular formula is C14H14N2O2. The standard InChI is InChI=1S/C14H14N2O2/c15-14(16)7-3-4-9(8-14)12-10-5-1-2-6-11(10)18-13(12)17/h1-7,12H,8,15-16H2. The van der Waals surface area contributed by atoms with E-state index in [9.17, 15) is 4.79 Å². The highest BCUT2D eigenvalue weighted by Crippen LogP contribution is 2.41. The summed E-state index contributed by atoms with van der Waals surface area (Å²) in [5, 5.41) is 0. The van der Waals surface area contributed by atoms with Crippen LogP contribution in [-0.2, 0) is 4.79 Å². The summed E-state index contributed by atoms with van der Waals surface area (Å²) in [5.41, 5.74) is 12.7. The van der Waals surface area contributed by atoms with E-state index in [1.165, 1.54) is 0 Å². The van der Waals surface area contributed by atoms with Crippen molar-refractivity contribution in [3.63, 3.8) is 0 Å². The molecule has 2 aliphatic rings. The van der Waals surface area contributed by atoms with Crippen molar-refractivity contribution in [1.29, 1.82) is 0 Å². The molecule has 1 aromatic carbocycles. The van der Waals surface area contributed by atoms with Gasteiger partial charge in [0.25, 0.3) is 0 Å². The van der Waals surface area contributed by atoms with Crippen LogP contribution in [0, 0.1) is 0 Å². The number of ether oxygens (including phenoxy) is 1. The molecule has 1 heterocycles. The largest absolute Gasteiger partial charge is 0.426 e. The highest BCUT2D eigenvalue weighted by atomic mass is 16.5. The number of fused-ring (bicyclic) bond motifs is 1. The van der Waals surface area contributed by atoms with Gasteiger partial charge in [0.1, 0.15) is 11.7 Å². The molecule has 0 amide bonds. The summed E-state index contributed by atoms with van der Waals surface area (Å²) in [7, 11) is 0. The van der Waals surface area contributed by atoms with Gasteiger partial charge >= 0.3 is 5.97 Å². The number of carbonyl (C=O) groups is 1. The van der Waals surface area contributed by atoms with Crippen LogP contribution in [0.2, 0.25) is 0 Å². The van der Waals surface area contributed by atoms with Gasteiger partial charge in [0.2, 0.25) is 0 Å². The van der Waals surface area contributed by atoms with Crippen LogP contribution in [-0.4, -0.2) is 11.6 Å². The Morgan fingerprint density at radius 2 is 2.06 bits per heavy atom. The van der Waals surface area contributed by atoms with Crippen LogP contribution in [0.25, 0.3) is 0 Å². The molecule has 4 heteroatoms. The molecule has 18 heavy (non-hydrogen) atoms. The van der Waals surface area contributed by atoms with Gasteiger partial charge in [-0.05, 0) is 11.6 Å². The van der Waals surface area contributed by atoms with Crippen molar-refractivity contribution in [3.8, 4) is 5.75 Å². The molecule has 1 aliphatic carbocycles. The highest BCUT2D eigenvalue weighted by molar-refractivity contribution is 5.89. The van der Waals surface area contributed by atoms with E-state index < -0.39 is 5.66 Å². The molecule has 0 saturated heterocycles. The number of rotatable bonds is 1. The van der Waals surface area contributed by atoms with E-state index in [4.69, 9.17) is 16.2 Å². The van der Waals surface area contributed by atoms with Gasteiger partial charge in [0, 0.05) is 12.0 Å². The average Bonchev–Trinajstić information content (AvgIpc) is 2.63. The van der Waals surface area contributed by atoms with E-state index in [0.717, 1.165) is 11.1 Å². The fourth-order valence-corrected chi connectivity index (χ4v) is 2.48. The molecule has 1 atom stereocenters. The Labute approximate surface area is 105 Å². The molecule has 0 saturated carbocycles. The van der Waals surface area contributed by atoms with Crippen molar-refractivity contribution >= 4 is 5.97 Å². The van der Waals surface area contributed by atoms with E-state index in [2.05, 4.69) is 0 Å². The smallest absolute Gasteiger partial charge is 0.323 e. The lowest BCUT2D eigenvalue weighted by molar-refractivity contribution is -0.133. The zero-order valence-electron chi connectivity index (χ0n) is 9.80. The third-order valence-electron chi connectivity index (χ3n) is 3.27. The van der Waals surface area contributed by atoms with Gasteiger partial charge in [-0.15, -0.1) is 0 Å². The van der Waals surface area contributed by atoms with Gasteiger partial charge < -0.3 is 16.2 Å². The maximum atomic E-state index is 12.0. The molecule has 0 radical (unpaired) electrons. The second-order valence-electron chi connectivity index (χ2n) is 4.78. The van der Waals surface area contributed by atoms with Crippen LogP contribution in [0.3, 0.4) is 0 Å². The van der Waals surface area contributed by atoms with E-state index in [1.54, 1.807) is 18.2 Å². The van der Waals surface area contributed by atoms with E-state index in [0.29, 0.717) is 12.2 Å². The van der Waals surface area contributed by atoms with Crippen LogP contribution in [0.15, 0.2) is 48.1 Å². The predicted molar refractivity (Wildman–Crippen MR) is 67.8 cm³/mol. The summed E-state index contributed by atoms with van der Waals surface area (Å²) >= 11 is 0. The topological polar surface area (TPSA) is 78.3 Å². The van der Waals surface area contributed by atoms with Crippen molar-refractivity contribution in [2.75, 3.05) is 0 Å². The summed E-state index contributed by atoms with van der Waals surface area (Å²) in [6.45, 7) is 0. The number of benzene rings is 1.